The first-order valence-corrected chi connectivity index (χ1v) is 6.11. The summed E-state index contributed by atoms with van der Waals surface area (Å²) < 4.78 is 4.97. The molecule has 0 aliphatic carbocycles. The van der Waals surface area contributed by atoms with Gasteiger partial charge in [-0.2, -0.15) is 5.10 Å². The van der Waals surface area contributed by atoms with Crippen molar-refractivity contribution < 1.29 is 19.7 Å². The fourth-order valence-corrected chi connectivity index (χ4v) is 1.69. The van der Waals surface area contributed by atoms with Crippen molar-refractivity contribution >= 4 is 12.1 Å². The summed E-state index contributed by atoms with van der Waals surface area (Å²) in [7, 11) is 1.44. The largest absolute Gasteiger partial charge is 0.507 e. The number of rotatable bonds is 4. The number of hydrogen-bond donors (Lipinski definition) is 3. The van der Waals surface area contributed by atoms with Crippen molar-refractivity contribution in [2.45, 2.75) is 0 Å². The Labute approximate surface area is 121 Å². The van der Waals surface area contributed by atoms with Gasteiger partial charge in [-0.25, -0.2) is 5.43 Å². The van der Waals surface area contributed by atoms with Crippen molar-refractivity contribution in [3.8, 4) is 17.2 Å². The molecule has 21 heavy (non-hydrogen) atoms. The molecule has 6 nitrogen and oxygen atoms in total. The van der Waals surface area contributed by atoms with Crippen LogP contribution in [0, 0.1) is 0 Å². The van der Waals surface area contributed by atoms with Gasteiger partial charge in [0.1, 0.15) is 5.75 Å². The first-order chi connectivity index (χ1) is 10.1. The van der Waals surface area contributed by atoms with Crippen molar-refractivity contribution in [1.82, 2.24) is 5.43 Å². The standard InChI is InChI=1S/C15H14N2O4/c1-21-13-8-4-5-10(14(13)19)9-16-17-15(20)11-6-2-3-7-12(11)18/h2-9,18-19H,1H3,(H,17,20)/b16-9+. The van der Waals surface area contributed by atoms with Crippen LogP contribution >= 0.6 is 0 Å². The summed E-state index contributed by atoms with van der Waals surface area (Å²) in [5, 5.41) is 23.1. The summed E-state index contributed by atoms with van der Waals surface area (Å²) in [5.41, 5.74) is 2.78. The third kappa shape index (κ3) is 3.30. The Balaban J connectivity index is 2.10. The number of phenolic OH excluding ortho intramolecular Hbond substituents is 2. The Hall–Kier alpha value is -3.02. The number of hydrogen-bond acceptors (Lipinski definition) is 5. The number of benzene rings is 2. The first-order valence-electron chi connectivity index (χ1n) is 6.11. The lowest BCUT2D eigenvalue weighted by Gasteiger charge is -2.05. The number of phenols is 2. The van der Waals surface area contributed by atoms with E-state index in [0.717, 1.165) is 0 Å². The summed E-state index contributed by atoms with van der Waals surface area (Å²) >= 11 is 0. The van der Waals surface area contributed by atoms with E-state index in [9.17, 15) is 15.0 Å². The van der Waals surface area contributed by atoms with Gasteiger partial charge in [0, 0.05) is 5.56 Å². The molecule has 2 aromatic rings. The summed E-state index contributed by atoms with van der Waals surface area (Å²) in [4.78, 5) is 11.8. The maximum absolute atomic E-state index is 11.8. The normalized spacial score (nSPS) is 10.5. The van der Waals surface area contributed by atoms with Crippen LogP contribution in [-0.4, -0.2) is 29.4 Å². The van der Waals surface area contributed by atoms with E-state index >= 15 is 0 Å². The molecule has 0 radical (unpaired) electrons. The molecule has 0 unspecified atom stereocenters. The molecule has 0 fully saturated rings. The fourth-order valence-electron chi connectivity index (χ4n) is 1.69. The van der Waals surface area contributed by atoms with E-state index in [1.54, 1.807) is 30.3 Å². The monoisotopic (exact) mass is 286 g/mol. The lowest BCUT2D eigenvalue weighted by atomic mass is 10.2. The minimum Gasteiger partial charge on any atom is -0.507 e. The molecule has 0 aliphatic rings. The maximum atomic E-state index is 11.8. The number of methoxy groups -OCH3 is 1. The molecule has 0 bridgehead atoms. The molecule has 3 N–H and O–H groups in total. The third-order valence-electron chi connectivity index (χ3n) is 2.77. The molecule has 1 amide bonds. The quantitative estimate of drug-likeness (QED) is 0.591. The number of para-hydroxylation sites is 2. The lowest BCUT2D eigenvalue weighted by molar-refractivity contribution is 0.0952. The van der Waals surface area contributed by atoms with E-state index in [2.05, 4.69) is 10.5 Å². The number of carbonyl (C=O) groups is 1. The second-order valence-corrected chi connectivity index (χ2v) is 4.11. The van der Waals surface area contributed by atoms with Crippen molar-refractivity contribution in [2.75, 3.05) is 7.11 Å². The number of nitrogens with one attached hydrogen (secondary N) is 1. The van der Waals surface area contributed by atoms with Gasteiger partial charge in [-0.05, 0) is 24.3 Å². The highest BCUT2D eigenvalue weighted by atomic mass is 16.5. The van der Waals surface area contributed by atoms with Crippen LogP contribution in [0.25, 0.3) is 0 Å². The maximum Gasteiger partial charge on any atom is 0.275 e. The van der Waals surface area contributed by atoms with Crippen molar-refractivity contribution in [1.29, 1.82) is 0 Å². The highest BCUT2D eigenvalue weighted by Gasteiger charge is 2.09. The second kappa shape index (κ2) is 6.42. The average Bonchev–Trinajstić information content (AvgIpc) is 2.49. The van der Waals surface area contributed by atoms with Crippen LogP contribution in [0.3, 0.4) is 0 Å². The van der Waals surface area contributed by atoms with E-state index in [0.29, 0.717) is 11.3 Å². The molecule has 0 aliphatic heterocycles. The molecule has 0 aromatic heterocycles. The van der Waals surface area contributed by atoms with E-state index in [1.165, 1.54) is 25.5 Å². The summed E-state index contributed by atoms with van der Waals surface area (Å²) in [6.45, 7) is 0. The van der Waals surface area contributed by atoms with Crippen LogP contribution in [0.2, 0.25) is 0 Å². The predicted molar refractivity (Wildman–Crippen MR) is 77.8 cm³/mol. The zero-order chi connectivity index (χ0) is 15.2. The Morgan fingerprint density at radius 3 is 2.67 bits per heavy atom. The molecule has 108 valence electrons. The van der Waals surface area contributed by atoms with Crippen LogP contribution in [0.4, 0.5) is 0 Å². The highest BCUT2D eigenvalue weighted by Crippen LogP contribution is 2.27. The molecule has 0 saturated carbocycles. The number of nitrogens with zero attached hydrogens (tertiary/aromatic N) is 1. The molecule has 2 rings (SSSR count). The third-order valence-corrected chi connectivity index (χ3v) is 2.77. The fraction of sp³-hybridized carbons (Fsp3) is 0.0667. The van der Waals surface area contributed by atoms with E-state index in [1.807, 2.05) is 0 Å². The van der Waals surface area contributed by atoms with E-state index in [4.69, 9.17) is 4.74 Å². The van der Waals surface area contributed by atoms with Crippen LogP contribution < -0.4 is 10.2 Å². The Bertz CT molecular complexity index is 683. The topological polar surface area (TPSA) is 91.2 Å². The Kier molecular flexibility index (Phi) is 4.40. The van der Waals surface area contributed by atoms with Crippen molar-refractivity contribution in [3.05, 3.63) is 53.6 Å². The van der Waals surface area contributed by atoms with E-state index in [-0.39, 0.29) is 17.1 Å². The van der Waals surface area contributed by atoms with Gasteiger partial charge in [0.05, 0.1) is 18.9 Å². The summed E-state index contributed by atoms with van der Waals surface area (Å²) in [5.74, 6) is -0.437. The van der Waals surface area contributed by atoms with Crippen molar-refractivity contribution in [3.63, 3.8) is 0 Å². The average molecular weight is 286 g/mol. The number of carbonyl (C=O) groups excluding carboxylic acids is 1. The second-order valence-electron chi connectivity index (χ2n) is 4.11. The molecular weight excluding hydrogens is 272 g/mol. The van der Waals surface area contributed by atoms with Gasteiger partial charge in [0.2, 0.25) is 0 Å². The van der Waals surface area contributed by atoms with Gasteiger partial charge in [-0.3, -0.25) is 4.79 Å². The SMILES string of the molecule is COc1cccc(/C=N/NC(=O)c2ccccc2O)c1O. The summed E-state index contributed by atoms with van der Waals surface area (Å²) in [6.07, 6.45) is 1.29. The van der Waals surface area contributed by atoms with Gasteiger partial charge in [0.15, 0.2) is 11.5 Å². The van der Waals surface area contributed by atoms with Gasteiger partial charge in [-0.1, -0.05) is 18.2 Å². The highest BCUT2D eigenvalue weighted by molar-refractivity contribution is 5.97. The van der Waals surface area contributed by atoms with E-state index < -0.39 is 5.91 Å². The van der Waals surface area contributed by atoms with Gasteiger partial charge >= 0.3 is 0 Å². The molecular formula is C15H14N2O4. The minimum absolute atomic E-state index is 0.0689. The molecule has 6 heteroatoms. The van der Waals surface area contributed by atoms with Crippen LogP contribution in [0.1, 0.15) is 15.9 Å². The number of amides is 1. The number of ether oxygens (including phenoxy) is 1. The first kappa shape index (κ1) is 14.4. The van der Waals surface area contributed by atoms with Crippen molar-refractivity contribution in [2.24, 2.45) is 5.10 Å². The molecule has 2 aromatic carbocycles. The molecule has 0 atom stereocenters. The predicted octanol–water partition coefficient (Wildman–Crippen LogP) is 1.87. The zero-order valence-electron chi connectivity index (χ0n) is 11.3. The zero-order valence-corrected chi connectivity index (χ0v) is 11.3. The minimum atomic E-state index is -0.549. The Morgan fingerprint density at radius 1 is 1.19 bits per heavy atom. The molecule has 0 saturated heterocycles. The van der Waals surface area contributed by atoms with Gasteiger partial charge in [-0.15, -0.1) is 0 Å². The Morgan fingerprint density at radius 2 is 1.95 bits per heavy atom. The smallest absolute Gasteiger partial charge is 0.275 e. The summed E-state index contributed by atoms with van der Waals surface area (Å²) in [6, 6.07) is 11.0. The van der Waals surface area contributed by atoms with Crippen LogP contribution in [-0.2, 0) is 0 Å². The lowest BCUT2D eigenvalue weighted by Crippen LogP contribution is -2.17. The molecule has 0 heterocycles. The number of hydrazone groups is 1. The van der Waals surface area contributed by atoms with Crippen LogP contribution in [0.5, 0.6) is 17.2 Å². The number of aromatic hydroxyl groups is 2. The molecule has 0 spiro atoms. The van der Waals surface area contributed by atoms with Crippen LogP contribution in [0.15, 0.2) is 47.6 Å². The van der Waals surface area contributed by atoms with Gasteiger partial charge in [0.25, 0.3) is 5.91 Å². The van der Waals surface area contributed by atoms with Gasteiger partial charge < -0.3 is 14.9 Å².